The zero-order valence-corrected chi connectivity index (χ0v) is 21.4. The third-order valence-electron chi connectivity index (χ3n) is 6.38. The molecule has 3 aromatic heterocycles. The van der Waals surface area contributed by atoms with Gasteiger partial charge in [0.15, 0.2) is 5.65 Å². The van der Waals surface area contributed by atoms with E-state index in [1.807, 2.05) is 52.8 Å². The van der Waals surface area contributed by atoms with Gasteiger partial charge in [-0.2, -0.15) is 5.10 Å². The smallest absolute Gasteiger partial charge is 0.410 e. The van der Waals surface area contributed by atoms with Crippen molar-refractivity contribution in [3.63, 3.8) is 0 Å². The summed E-state index contributed by atoms with van der Waals surface area (Å²) in [5.41, 5.74) is 2.95. The first-order valence-electron chi connectivity index (χ1n) is 12.2. The molecule has 5 rings (SSSR count). The zero-order chi connectivity index (χ0) is 25.6. The van der Waals surface area contributed by atoms with Gasteiger partial charge in [-0.05, 0) is 59.2 Å². The van der Waals surface area contributed by atoms with Crippen LogP contribution in [0.2, 0.25) is 0 Å². The number of carbonyl (C=O) groups excluding carboxylic acids is 2. The van der Waals surface area contributed by atoms with Crippen LogP contribution in [0.25, 0.3) is 5.65 Å². The minimum atomic E-state index is -0.524. The zero-order valence-electron chi connectivity index (χ0n) is 21.4. The Morgan fingerprint density at radius 1 is 1.14 bits per heavy atom. The molecule has 36 heavy (non-hydrogen) atoms. The quantitative estimate of drug-likeness (QED) is 0.583. The van der Waals surface area contributed by atoms with Crippen molar-refractivity contribution in [1.82, 2.24) is 24.5 Å². The van der Waals surface area contributed by atoms with Crippen molar-refractivity contribution in [1.29, 1.82) is 0 Å². The van der Waals surface area contributed by atoms with Gasteiger partial charge < -0.3 is 19.9 Å². The maximum atomic E-state index is 13.1. The molecule has 0 unspecified atom stereocenters. The number of piperazine rings is 1. The number of ether oxygens (including phenoxy) is 1. The van der Waals surface area contributed by atoms with E-state index < -0.39 is 5.60 Å². The minimum absolute atomic E-state index is 0.00596. The first-order chi connectivity index (χ1) is 17.1. The molecular weight excluding hydrogens is 460 g/mol. The highest BCUT2D eigenvalue weighted by atomic mass is 16.6. The number of carbonyl (C=O) groups is 2. The predicted molar refractivity (Wildman–Crippen MR) is 137 cm³/mol. The molecule has 0 saturated carbocycles. The van der Waals surface area contributed by atoms with Crippen LogP contribution in [0.3, 0.4) is 0 Å². The molecule has 0 spiro atoms. The monoisotopic (exact) mass is 492 g/mol. The van der Waals surface area contributed by atoms with E-state index >= 15 is 0 Å². The highest BCUT2D eigenvalue weighted by Gasteiger charge is 2.34. The molecule has 1 fully saturated rings. The van der Waals surface area contributed by atoms with Gasteiger partial charge in [-0.15, -0.1) is 0 Å². The molecule has 0 aromatic carbocycles. The SMILES string of the molecule is Cc1nc2ccc(NC(=O)N3CCc4c(N5CCN(C(=O)OC(C)(C)C)[C@@H](C)C5)ccnc43)cn2n1. The van der Waals surface area contributed by atoms with Crippen LogP contribution in [-0.2, 0) is 11.2 Å². The number of hydrogen-bond donors (Lipinski definition) is 1. The minimum Gasteiger partial charge on any atom is -0.444 e. The van der Waals surface area contributed by atoms with E-state index in [1.165, 1.54) is 0 Å². The number of nitrogens with one attached hydrogen (secondary N) is 1. The molecule has 1 atom stereocenters. The number of fused-ring (bicyclic) bond motifs is 2. The standard InChI is InChI=1S/C25H32N8O3/c1-16-14-30(12-13-31(16)24(35)36-25(3,4)5)20-8-10-26-22-19(20)9-11-32(22)23(34)28-18-6-7-21-27-17(2)29-33(21)15-18/h6-8,10,15-16H,9,11-14H2,1-5H3,(H,28,34)/t16-/m0/s1. The summed E-state index contributed by atoms with van der Waals surface area (Å²) in [7, 11) is 0. The first kappa shape index (κ1) is 23.8. The summed E-state index contributed by atoms with van der Waals surface area (Å²) in [5, 5.41) is 7.26. The number of pyridine rings is 2. The van der Waals surface area contributed by atoms with E-state index in [2.05, 4.69) is 25.3 Å². The Bertz CT molecular complexity index is 1310. The molecule has 1 saturated heterocycles. The average molecular weight is 493 g/mol. The largest absolute Gasteiger partial charge is 0.444 e. The summed E-state index contributed by atoms with van der Waals surface area (Å²) in [6.45, 7) is 12.0. The number of aromatic nitrogens is 4. The van der Waals surface area contributed by atoms with E-state index in [0.29, 0.717) is 49.9 Å². The molecule has 2 aliphatic heterocycles. The fraction of sp³-hybridized carbons (Fsp3) is 0.480. The van der Waals surface area contributed by atoms with Gasteiger partial charge in [0, 0.05) is 49.7 Å². The van der Waals surface area contributed by atoms with Crippen LogP contribution in [0.1, 0.15) is 39.1 Å². The van der Waals surface area contributed by atoms with Gasteiger partial charge in [0.2, 0.25) is 0 Å². The van der Waals surface area contributed by atoms with Crippen molar-refractivity contribution in [2.45, 2.75) is 52.7 Å². The third kappa shape index (κ3) is 4.65. The molecule has 2 aliphatic rings. The molecule has 11 nitrogen and oxygen atoms in total. The maximum Gasteiger partial charge on any atom is 0.410 e. The lowest BCUT2D eigenvalue weighted by molar-refractivity contribution is 0.0159. The normalized spacial score (nSPS) is 17.9. The van der Waals surface area contributed by atoms with Crippen molar-refractivity contribution in [2.24, 2.45) is 0 Å². The molecule has 0 radical (unpaired) electrons. The summed E-state index contributed by atoms with van der Waals surface area (Å²) in [6, 6.07) is 5.39. The average Bonchev–Trinajstić information content (AvgIpc) is 3.40. The number of nitrogens with zero attached hydrogens (tertiary/aromatic N) is 7. The van der Waals surface area contributed by atoms with E-state index in [9.17, 15) is 9.59 Å². The van der Waals surface area contributed by atoms with Crippen LogP contribution in [0.5, 0.6) is 0 Å². The van der Waals surface area contributed by atoms with Gasteiger partial charge in [0.25, 0.3) is 0 Å². The summed E-state index contributed by atoms with van der Waals surface area (Å²) < 4.78 is 7.23. The molecule has 0 bridgehead atoms. The Labute approximate surface area is 210 Å². The number of urea groups is 1. The summed E-state index contributed by atoms with van der Waals surface area (Å²) in [4.78, 5) is 40.4. The lowest BCUT2D eigenvalue weighted by atomic mass is 10.1. The fourth-order valence-electron chi connectivity index (χ4n) is 4.79. The van der Waals surface area contributed by atoms with Gasteiger partial charge in [-0.3, -0.25) is 4.90 Å². The lowest BCUT2D eigenvalue weighted by Gasteiger charge is -2.41. The highest BCUT2D eigenvalue weighted by molar-refractivity contribution is 6.03. The van der Waals surface area contributed by atoms with Gasteiger partial charge in [-0.25, -0.2) is 24.1 Å². The van der Waals surface area contributed by atoms with Crippen molar-refractivity contribution in [3.8, 4) is 0 Å². The molecule has 3 amide bonds. The summed E-state index contributed by atoms with van der Waals surface area (Å²) in [6.07, 6.45) is 3.93. The number of rotatable bonds is 2. The Morgan fingerprint density at radius 3 is 2.69 bits per heavy atom. The van der Waals surface area contributed by atoms with Gasteiger partial charge in [-0.1, -0.05) is 0 Å². The highest BCUT2D eigenvalue weighted by Crippen LogP contribution is 2.35. The second kappa shape index (κ2) is 8.96. The Hall–Kier alpha value is -3.89. The van der Waals surface area contributed by atoms with Crippen LogP contribution in [0.15, 0.2) is 30.6 Å². The summed E-state index contributed by atoms with van der Waals surface area (Å²) >= 11 is 0. The van der Waals surface area contributed by atoms with E-state index in [-0.39, 0.29) is 18.2 Å². The summed E-state index contributed by atoms with van der Waals surface area (Å²) in [5.74, 6) is 1.34. The van der Waals surface area contributed by atoms with Crippen LogP contribution in [0.4, 0.5) is 26.8 Å². The Kier molecular flexibility index (Phi) is 5.93. The van der Waals surface area contributed by atoms with Crippen molar-refractivity contribution in [2.75, 3.05) is 41.3 Å². The molecule has 5 heterocycles. The van der Waals surface area contributed by atoms with Crippen LogP contribution in [-0.4, -0.2) is 74.4 Å². The topological polar surface area (TPSA) is 108 Å². The molecule has 1 N–H and O–H groups in total. The van der Waals surface area contributed by atoms with Gasteiger partial charge in [0.05, 0.1) is 11.9 Å². The lowest BCUT2D eigenvalue weighted by Crippen LogP contribution is -2.55. The second-order valence-electron chi connectivity index (χ2n) is 10.3. The Morgan fingerprint density at radius 2 is 1.94 bits per heavy atom. The first-order valence-corrected chi connectivity index (χ1v) is 12.2. The third-order valence-corrected chi connectivity index (χ3v) is 6.38. The molecule has 0 aliphatic carbocycles. The van der Waals surface area contributed by atoms with E-state index in [0.717, 1.165) is 16.9 Å². The van der Waals surface area contributed by atoms with E-state index in [4.69, 9.17) is 4.74 Å². The second-order valence-corrected chi connectivity index (χ2v) is 10.3. The molecule has 3 aromatic rings. The van der Waals surface area contributed by atoms with Crippen molar-refractivity contribution >= 4 is 35.0 Å². The van der Waals surface area contributed by atoms with Crippen molar-refractivity contribution < 1.29 is 14.3 Å². The van der Waals surface area contributed by atoms with Gasteiger partial charge >= 0.3 is 12.1 Å². The van der Waals surface area contributed by atoms with Crippen LogP contribution >= 0.6 is 0 Å². The fourth-order valence-corrected chi connectivity index (χ4v) is 4.79. The Balaban J connectivity index is 1.29. The molecular formula is C25H32N8O3. The molecule has 190 valence electrons. The molecule has 11 heteroatoms. The number of aryl methyl sites for hydroxylation is 1. The number of amides is 3. The van der Waals surface area contributed by atoms with Gasteiger partial charge in [0.1, 0.15) is 17.2 Å². The van der Waals surface area contributed by atoms with Crippen LogP contribution < -0.4 is 15.1 Å². The van der Waals surface area contributed by atoms with Crippen LogP contribution in [0, 0.1) is 6.92 Å². The number of hydrogen-bond acceptors (Lipinski definition) is 7. The number of anilines is 3. The van der Waals surface area contributed by atoms with E-state index in [1.54, 1.807) is 26.7 Å². The van der Waals surface area contributed by atoms with Crippen molar-refractivity contribution in [3.05, 3.63) is 42.0 Å². The maximum absolute atomic E-state index is 13.1. The predicted octanol–water partition coefficient (Wildman–Crippen LogP) is 3.47.